The van der Waals surface area contributed by atoms with Crippen LogP contribution in [0.3, 0.4) is 0 Å². The van der Waals surface area contributed by atoms with E-state index in [2.05, 4.69) is 43.9 Å². The summed E-state index contributed by atoms with van der Waals surface area (Å²) in [6, 6.07) is 8.69. The molecule has 2 aromatic heterocycles. The Labute approximate surface area is 132 Å². The molecular formula is C17H23N5. The van der Waals surface area contributed by atoms with Crippen LogP contribution in [-0.2, 0) is 0 Å². The number of nitrogens with zero attached hydrogens (tertiary/aromatic N) is 5. The molecule has 3 rings (SSSR count). The molecule has 0 spiro atoms. The van der Waals surface area contributed by atoms with Crippen molar-refractivity contribution in [2.45, 2.75) is 32.7 Å². The van der Waals surface area contributed by atoms with Gasteiger partial charge in [-0.2, -0.15) is 0 Å². The minimum atomic E-state index is 0.537. The van der Waals surface area contributed by atoms with Crippen molar-refractivity contribution in [1.29, 1.82) is 0 Å². The highest BCUT2D eigenvalue weighted by Gasteiger charge is 2.24. The highest BCUT2D eigenvalue weighted by atomic mass is 15.2. The smallest absolute Gasteiger partial charge is 0.132 e. The summed E-state index contributed by atoms with van der Waals surface area (Å²) < 4.78 is 0. The molecule has 1 aliphatic heterocycles. The Balaban J connectivity index is 1.65. The second-order valence-corrected chi connectivity index (χ2v) is 5.93. The van der Waals surface area contributed by atoms with Gasteiger partial charge in [-0.1, -0.05) is 6.07 Å². The number of hydrogen-bond donors (Lipinski definition) is 0. The molecule has 1 fully saturated rings. The van der Waals surface area contributed by atoms with Gasteiger partial charge < -0.3 is 9.80 Å². The summed E-state index contributed by atoms with van der Waals surface area (Å²) in [4.78, 5) is 18.0. The van der Waals surface area contributed by atoms with Gasteiger partial charge in [0.05, 0.1) is 0 Å². The number of rotatable bonds is 3. The number of aryl methyl sites for hydroxylation is 2. The van der Waals surface area contributed by atoms with E-state index >= 15 is 0 Å². The van der Waals surface area contributed by atoms with Crippen molar-refractivity contribution >= 4 is 11.6 Å². The molecule has 0 N–H and O–H groups in total. The van der Waals surface area contributed by atoms with Crippen molar-refractivity contribution in [2.75, 3.05) is 29.9 Å². The van der Waals surface area contributed by atoms with Crippen LogP contribution < -0.4 is 9.80 Å². The first-order valence-electron chi connectivity index (χ1n) is 7.84. The molecule has 0 aromatic carbocycles. The van der Waals surface area contributed by atoms with Gasteiger partial charge in [0, 0.05) is 44.1 Å². The number of anilines is 2. The van der Waals surface area contributed by atoms with Gasteiger partial charge in [-0.05, 0) is 38.8 Å². The van der Waals surface area contributed by atoms with Crippen LogP contribution in [0.25, 0.3) is 0 Å². The Hall–Kier alpha value is -2.17. The summed E-state index contributed by atoms with van der Waals surface area (Å²) in [5.74, 6) is 2.96. The average molecular weight is 297 g/mol. The van der Waals surface area contributed by atoms with Crippen LogP contribution in [0.4, 0.5) is 11.6 Å². The SMILES string of the molecule is Cc1cc(N2CCC(N(C)c3ccccn3)CC2)nc(C)n1. The highest BCUT2D eigenvalue weighted by molar-refractivity contribution is 5.42. The molecule has 22 heavy (non-hydrogen) atoms. The molecule has 3 heterocycles. The number of hydrogen-bond acceptors (Lipinski definition) is 5. The third-order valence-corrected chi connectivity index (χ3v) is 4.30. The van der Waals surface area contributed by atoms with Crippen molar-refractivity contribution in [3.63, 3.8) is 0 Å². The fraction of sp³-hybridized carbons (Fsp3) is 0.471. The zero-order valence-corrected chi connectivity index (χ0v) is 13.5. The summed E-state index contributed by atoms with van der Waals surface area (Å²) in [5.41, 5.74) is 1.04. The lowest BCUT2D eigenvalue weighted by molar-refractivity contribution is 0.477. The van der Waals surface area contributed by atoms with E-state index in [0.29, 0.717) is 6.04 Å². The normalized spacial score (nSPS) is 15.9. The molecule has 0 amide bonds. The van der Waals surface area contributed by atoms with Crippen LogP contribution in [0, 0.1) is 13.8 Å². The van der Waals surface area contributed by atoms with E-state index in [1.807, 2.05) is 32.2 Å². The molecular weight excluding hydrogens is 274 g/mol. The summed E-state index contributed by atoms with van der Waals surface area (Å²) in [5, 5.41) is 0. The largest absolute Gasteiger partial charge is 0.357 e. The van der Waals surface area contributed by atoms with Crippen LogP contribution in [0.2, 0.25) is 0 Å². The molecule has 1 saturated heterocycles. The maximum atomic E-state index is 4.57. The molecule has 0 radical (unpaired) electrons. The predicted octanol–water partition coefficient (Wildman–Crippen LogP) is 2.59. The lowest BCUT2D eigenvalue weighted by Gasteiger charge is -2.37. The number of aromatic nitrogens is 3. The van der Waals surface area contributed by atoms with Crippen LogP contribution in [0.15, 0.2) is 30.5 Å². The van der Waals surface area contributed by atoms with E-state index in [9.17, 15) is 0 Å². The molecule has 116 valence electrons. The zero-order valence-electron chi connectivity index (χ0n) is 13.5. The lowest BCUT2D eigenvalue weighted by Crippen LogP contribution is -2.44. The molecule has 1 aliphatic rings. The molecule has 2 aromatic rings. The van der Waals surface area contributed by atoms with E-state index in [-0.39, 0.29) is 0 Å². The minimum Gasteiger partial charge on any atom is -0.357 e. The van der Waals surface area contributed by atoms with Crippen molar-refractivity contribution in [3.05, 3.63) is 42.0 Å². The van der Waals surface area contributed by atoms with Crippen LogP contribution in [0.1, 0.15) is 24.4 Å². The van der Waals surface area contributed by atoms with E-state index in [4.69, 9.17) is 0 Å². The van der Waals surface area contributed by atoms with Gasteiger partial charge in [-0.15, -0.1) is 0 Å². The van der Waals surface area contributed by atoms with Gasteiger partial charge in [-0.25, -0.2) is 15.0 Å². The average Bonchev–Trinajstić information content (AvgIpc) is 2.54. The van der Waals surface area contributed by atoms with E-state index in [1.54, 1.807) is 0 Å². The second-order valence-electron chi connectivity index (χ2n) is 5.93. The van der Waals surface area contributed by atoms with Gasteiger partial charge in [-0.3, -0.25) is 0 Å². The van der Waals surface area contributed by atoms with Crippen molar-refractivity contribution in [1.82, 2.24) is 15.0 Å². The van der Waals surface area contributed by atoms with Crippen LogP contribution in [0.5, 0.6) is 0 Å². The first kappa shape index (κ1) is 14.8. The molecule has 0 atom stereocenters. The summed E-state index contributed by atoms with van der Waals surface area (Å²) in [6.45, 7) is 6.04. The Kier molecular flexibility index (Phi) is 4.22. The van der Waals surface area contributed by atoms with E-state index < -0.39 is 0 Å². The topological polar surface area (TPSA) is 45.2 Å². The van der Waals surface area contributed by atoms with Gasteiger partial charge in [0.2, 0.25) is 0 Å². The number of piperidine rings is 1. The van der Waals surface area contributed by atoms with Gasteiger partial charge in [0.15, 0.2) is 0 Å². The first-order valence-corrected chi connectivity index (χ1v) is 7.84. The third-order valence-electron chi connectivity index (χ3n) is 4.30. The van der Waals surface area contributed by atoms with Gasteiger partial charge in [0.1, 0.15) is 17.5 Å². The molecule has 0 aliphatic carbocycles. The van der Waals surface area contributed by atoms with Crippen molar-refractivity contribution in [3.8, 4) is 0 Å². The Morgan fingerprint density at radius 3 is 2.55 bits per heavy atom. The third kappa shape index (κ3) is 3.18. The van der Waals surface area contributed by atoms with Gasteiger partial charge in [0.25, 0.3) is 0 Å². The fourth-order valence-corrected chi connectivity index (χ4v) is 3.09. The standard InChI is InChI=1S/C17H23N5/c1-13-12-17(20-14(2)19-13)22-10-7-15(8-11-22)21(3)16-6-4-5-9-18-16/h4-6,9,12,15H,7-8,10-11H2,1-3H3. The first-order chi connectivity index (χ1) is 10.6. The van der Waals surface area contributed by atoms with Crippen molar-refractivity contribution < 1.29 is 0 Å². The Morgan fingerprint density at radius 1 is 1.14 bits per heavy atom. The monoisotopic (exact) mass is 297 g/mol. The highest BCUT2D eigenvalue weighted by Crippen LogP contribution is 2.23. The lowest BCUT2D eigenvalue weighted by atomic mass is 10.0. The quantitative estimate of drug-likeness (QED) is 0.871. The summed E-state index contributed by atoms with van der Waals surface area (Å²) >= 11 is 0. The second kappa shape index (κ2) is 6.30. The molecule has 0 saturated carbocycles. The van der Waals surface area contributed by atoms with Gasteiger partial charge >= 0.3 is 0 Å². The van der Waals surface area contributed by atoms with Crippen LogP contribution in [-0.4, -0.2) is 41.1 Å². The minimum absolute atomic E-state index is 0.537. The molecule has 5 nitrogen and oxygen atoms in total. The van der Waals surface area contributed by atoms with Crippen molar-refractivity contribution in [2.24, 2.45) is 0 Å². The Morgan fingerprint density at radius 2 is 1.91 bits per heavy atom. The maximum absolute atomic E-state index is 4.57. The molecule has 0 unspecified atom stereocenters. The summed E-state index contributed by atoms with van der Waals surface area (Å²) in [7, 11) is 2.14. The van der Waals surface area contributed by atoms with E-state index in [1.165, 1.54) is 0 Å². The predicted molar refractivity (Wildman–Crippen MR) is 89.4 cm³/mol. The zero-order chi connectivity index (χ0) is 15.5. The maximum Gasteiger partial charge on any atom is 0.132 e. The fourth-order valence-electron chi connectivity index (χ4n) is 3.09. The summed E-state index contributed by atoms with van der Waals surface area (Å²) in [6.07, 6.45) is 4.09. The Bertz CT molecular complexity index is 600. The van der Waals surface area contributed by atoms with E-state index in [0.717, 1.165) is 49.1 Å². The molecule has 5 heteroatoms. The number of pyridine rings is 1. The molecule has 0 bridgehead atoms. The van der Waals surface area contributed by atoms with Crippen LogP contribution >= 0.6 is 0 Å².